The van der Waals surface area contributed by atoms with Gasteiger partial charge < -0.3 is 15.4 Å². The number of rotatable bonds is 8. The maximum absolute atomic E-state index is 14.8. The number of ether oxygens (including phenoxy) is 1. The predicted molar refractivity (Wildman–Crippen MR) is 111 cm³/mol. The first kappa shape index (κ1) is 27.9. The van der Waals surface area contributed by atoms with E-state index in [1.165, 1.54) is 12.1 Å². The first-order chi connectivity index (χ1) is 16.6. The first-order valence-electron chi connectivity index (χ1n) is 10.0. The van der Waals surface area contributed by atoms with E-state index in [-0.39, 0.29) is 17.8 Å². The van der Waals surface area contributed by atoms with Crippen molar-refractivity contribution in [1.29, 1.82) is 0 Å². The van der Waals surface area contributed by atoms with Crippen molar-refractivity contribution >= 4 is 33.2 Å². The van der Waals surface area contributed by atoms with E-state index in [1.54, 1.807) is 0 Å². The fourth-order valence-corrected chi connectivity index (χ4v) is 3.72. The second-order valence-electron chi connectivity index (χ2n) is 7.81. The normalized spacial score (nSPS) is 14.7. The molecular weight excluding hydrogens is 582 g/mol. The van der Waals surface area contributed by atoms with Crippen molar-refractivity contribution in [3.05, 3.63) is 51.7 Å². The van der Waals surface area contributed by atoms with Crippen LogP contribution in [0.2, 0.25) is 0 Å². The summed E-state index contributed by atoms with van der Waals surface area (Å²) in [7, 11) is 0. The van der Waals surface area contributed by atoms with Crippen molar-refractivity contribution in [2.45, 2.75) is 37.5 Å². The number of alkyl halides is 9. The summed E-state index contributed by atoms with van der Waals surface area (Å²) in [6.07, 6.45) is -11.2. The van der Waals surface area contributed by atoms with Crippen LogP contribution in [0.1, 0.15) is 28.8 Å². The molecule has 0 aromatic heterocycles. The Kier molecular flexibility index (Phi) is 7.72. The maximum atomic E-state index is 14.8. The van der Waals surface area contributed by atoms with Crippen LogP contribution in [0.25, 0.3) is 0 Å². The summed E-state index contributed by atoms with van der Waals surface area (Å²) >= 11 is 2.55. The molecule has 2 N–H and O–H groups in total. The molecule has 0 spiro atoms. The molecule has 198 valence electrons. The average Bonchev–Trinajstić information content (AvgIpc) is 3.57. The van der Waals surface area contributed by atoms with Gasteiger partial charge in [-0.2, -0.15) is 35.1 Å². The molecule has 36 heavy (non-hydrogen) atoms. The number of hydrogen-bond acceptors (Lipinski definition) is 3. The van der Waals surface area contributed by atoms with Gasteiger partial charge in [0.15, 0.2) is 11.6 Å². The molecule has 0 atom stereocenters. The van der Waals surface area contributed by atoms with Crippen LogP contribution in [0.5, 0.6) is 5.75 Å². The van der Waals surface area contributed by atoms with Crippen LogP contribution in [-0.2, 0) is 5.67 Å². The molecule has 2 aromatic carbocycles. The highest BCUT2D eigenvalue weighted by Crippen LogP contribution is 2.55. The highest BCUT2D eigenvalue weighted by molar-refractivity contribution is 9.10. The summed E-state index contributed by atoms with van der Waals surface area (Å²) in [5, 5.41) is 4.70. The Labute approximate surface area is 205 Å². The van der Waals surface area contributed by atoms with E-state index in [9.17, 15) is 48.7 Å². The van der Waals surface area contributed by atoms with Gasteiger partial charge in [0.05, 0.1) is 16.9 Å². The molecule has 1 fully saturated rings. The molecule has 0 heterocycles. The van der Waals surface area contributed by atoms with Gasteiger partial charge in [-0.05, 0) is 59.0 Å². The topological polar surface area (TPSA) is 50.4 Å². The van der Waals surface area contributed by atoms with E-state index >= 15 is 0 Å². The van der Waals surface area contributed by atoms with Gasteiger partial charge in [-0.3, -0.25) is 4.79 Å². The van der Waals surface area contributed by atoms with Crippen molar-refractivity contribution in [1.82, 2.24) is 0 Å². The van der Waals surface area contributed by atoms with Crippen molar-refractivity contribution in [3.63, 3.8) is 0 Å². The van der Waals surface area contributed by atoms with E-state index in [1.807, 2.05) is 5.32 Å². The van der Waals surface area contributed by atoms with Crippen LogP contribution in [0.4, 0.5) is 55.3 Å². The summed E-state index contributed by atoms with van der Waals surface area (Å²) in [4.78, 5) is 12.7. The standard InChI is InChI=1S/C21H15BrF10N2O2/c22-12-6-10(19(26,20(27,28)29)21(30,31)32)7-14(36-18(24)25)16(12)34-17(35)11-2-1-3-13(15(11)23)33-8-9-4-5-9/h1-3,6-7,9,18,33H,4-5,8H2,(H,34,35). The largest absolute Gasteiger partial charge is 0.435 e. The Morgan fingerprint density at radius 3 is 2.19 bits per heavy atom. The van der Waals surface area contributed by atoms with Crippen molar-refractivity contribution in [3.8, 4) is 5.75 Å². The molecule has 1 aliphatic rings. The number of halogens is 11. The lowest BCUT2D eigenvalue weighted by Crippen LogP contribution is -2.50. The van der Waals surface area contributed by atoms with Crippen LogP contribution in [0.3, 0.4) is 0 Å². The van der Waals surface area contributed by atoms with Crippen LogP contribution in [0, 0.1) is 11.7 Å². The lowest BCUT2D eigenvalue weighted by molar-refractivity contribution is -0.348. The summed E-state index contributed by atoms with van der Waals surface area (Å²) < 4.78 is 137. The number of benzene rings is 2. The fourth-order valence-electron chi connectivity index (χ4n) is 3.18. The van der Waals surface area contributed by atoms with Crippen molar-refractivity contribution < 1.29 is 53.4 Å². The summed E-state index contributed by atoms with van der Waals surface area (Å²) in [6.45, 7) is -3.37. The number of hydrogen-bond donors (Lipinski definition) is 2. The number of carbonyl (C=O) groups excluding carboxylic acids is 1. The third-order valence-electron chi connectivity index (χ3n) is 5.21. The lowest BCUT2D eigenvalue weighted by Gasteiger charge is -2.31. The van der Waals surface area contributed by atoms with E-state index in [0.29, 0.717) is 12.5 Å². The Morgan fingerprint density at radius 2 is 1.67 bits per heavy atom. The third-order valence-corrected chi connectivity index (χ3v) is 5.83. The van der Waals surface area contributed by atoms with E-state index in [2.05, 4.69) is 26.0 Å². The van der Waals surface area contributed by atoms with Gasteiger partial charge in [-0.1, -0.05) is 6.07 Å². The quantitative estimate of drug-likeness (QED) is 0.309. The second-order valence-corrected chi connectivity index (χ2v) is 8.66. The van der Waals surface area contributed by atoms with Crippen LogP contribution >= 0.6 is 15.9 Å². The lowest BCUT2D eigenvalue weighted by atomic mass is 9.93. The molecule has 0 unspecified atom stereocenters. The summed E-state index contributed by atoms with van der Waals surface area (Å²) in [6, 6.07) is 3.34. The summed E-state index contributed by atoms with van der Waals surface area (Å²) in [5.74, 6) is -3.44. The van der Waals surface area contributed by atoms with E-state index in [4.69, 9.17) is 0 Å². The van der Waals surface area contributed by atoms with Crippen molar-refractivity contribution in [2.75, 3.05) is 17.2 Å². The van der Waals surface area contributed by atoms with Gasteiger partial charge >= 0.3 is 24.6 Å². The molecule has 2 aromatic rings. The average molecular weight is 597 g/mol. The SMILES string of the molecule is O=C(Nc1c(Br)cc(C(F)(C(F)(F)F)C(F)(F)F)cc1OC(F)F)c1cccc(NCC2CC2)c1F. The highest BCUT2D eigenvalue weighted by atomic mass is 79.9. The molecule has 0 saturated heterocycles. The van der Waals surface area contributed by atoms with E-state index in [0.717, 1.165) is 18.9 Å². The van der Waals surface area contributed by atoms with Gasteiger partial charge in [0.25, 0.3) is 5.91 Å². The zero-order valence-corrected chi connectivity index (χ0v) is 19.2. The molecular formula is C21H15BrF10N2O2. The Morgan fingerprint density at radius 1 is 1.06 bits per heavy atom. The number of nitrogens with one attached hydrogen (secondary N) is 2. The van der Waals surface area contributed by atoms with Crippen LogP contribution in [0.15, 0.2) is 34.8 Å². The van der Waals surface area contributed by atoms with Crippen molar-refractivity contribution in [2.24, 2.45) is 5.92 Å². The molecule has 1 aliphatic carbocycles. The monoisotopic (exact) mass is 596 g/mol. The maximum Gasteiger partial charge on any atom is 0.435 e. The van der Waals surface area contributed by atoms with Gasteiger partial charge in [0, 0.05) is 16.6 Å². The zero-order chi connectivity index (χ0) is 27.1. The van der Waals surface area contributed by atoms with Crippen LogP contribution < -0.4 is 15.4 Å². The number of anilines is 2. The zero-order valence-electron chi connectivity index (χ0n) is 17.6. The molecule has 0 aliphatic heterocycles. The molecule has 15 heteroatoms. The number of carbonyl (C=O) groups is 1. The minimum absolute atomic E-state index is 0.00110. The molecule has 0 bridgehead atoms. The Balaban J connectivity index is 2.02. The molecule has 1 saturated carbocycles. The minimum Gasteiger partial charge on any atom is -0.433 e. The number of amides is 1. The Hall–Kier alpha value is -2.71. The molecule has 0 radical (unpaired) electrons. The summed E-state index contributed by atoms with van der Waals surface area (Å²) in [5.41, 5.74) is -9.67. The molecule has 4 nitrogen and oxygen atoms in total. The first-order valence-corrected chi connectivity index (χ1v) is 10.8. The van der Waals surface area contributed by atoms with Gasteiger partial charge in [-0.15, -0.1) is 0 Å². The predicted octanol–water partition coefficient (Wildman–Crippen LogP) is 7.55. The Bertz CT molecular complexity index is 1120. The van der Waals surface area contributed by atoms with Gasteiger partial charge in [0.1, 0.15) is 0 Å². The fraction of sp³-hybridized carbons (Fsp3) is 0.381. The minimum atomic E-state index is -6.53. The van der Waals surface area contributed by atoms with E-state index < -0.39 is 63.4 Å². The molecule has 1 amide bonds. The third kappa shape index (κ3) is 5.65. The molecule has 3 rings (SSSR count). The highest BCUT2D eigenvalue weighted by Gasteiger charge is 2.73. The van der Waals surface area contributed by atoms with Gasteiger partial charge in [-0.25, -0.2) is 8.78 Å². The smallest absolute Gasteiger partial charge is 0.433 e. The van der Waals surface area contributed by atoms with Crippen LogP contribution in [-0.4, -0.2) is 31.4 Å². The second kappa shape index (κ2) is 9.98. The van der Waals surface area contributed by atoms with Gasteiger partial charge in [0.2, 0.25) is 0 Å².